The topological polar surface area (TPSA) is 117 Å². The van der Waals surface area contributed by atoms with Crippen molar-refractivity contribution in [1.82, 2.24) is 10.6 Å². The zero-order valence-electron chi connectivity index (χ0n) is 22.6. The zero-order chi connectivity index (χ0) is 26.4. The Bertz CT molecular complexity index is 1020. The lowest BCUT2D eigenvalue weighted by molar-refractivity contribution is -0.159. The van der Waals surface area contributed by atoms with Gasteiger partial charge in [0.05, 0.1) is 5.71 Å². The fraction of sp³-hybridized carbons (Fsp3) is 0.793. The van der Waals surface area contributed by atoms with Gasteiger partial charge in [-0.25, -0.2) is 0 Å². The van der Waals surface area contributed by atoms with Gasteiger partial charge in [-0.2, -0.15) is 0 Å². The molecule has 0 bridgehead atoms. The predicted molar refractivity (Wildman–Crippen MR) is 140 cm³/mol. The molecule has 5 aliphatic rings. The van der Waals surface area contributed by atoms with Crippen molar-refractivity contribution in [2.45, 2.75) is 103 Å². The summed E-state index contributed by atoms with van der Waals surface area (Å²) in [5, 5.41) is 21.2. The number of amides is 2. The molecule has 4 aliphatic carbocycles. The maximum absolute atomic E-state index is 12.4. The van der Waals surface area contributed by atoms with E-state index in [4.69, 9.17) is 4.84 Å². The van der Waals surface area contributed by atoms with Gasteiger partial charge in [0.15, 0.2) is 12.4 Å². The van der Waals surface area contributed by atoms with Crippen LogP contribution in [0.1, 0.15) is 91.4 Å². The Hall–Kier alpha value is -2.22. The maximum Gasteiger partial charge on any atom is 0.261 e. The second-order valence-electron chi connectivity index (χ2n) is 12.7. The second kappa shape index (κ2) is 9.83. The molecule has 0 aromatic carbocycles. The van der Waals surface area contributed by atoms with Crippen LogP contribution in [0, 0.1) is 28.6 Å². The molecule has 8 heteroatoms. The number of hydrogen-bond acceptors (Lipinski definition) is 6. The normalized spacial score (nSPS) is 42.4. The van der Waals surface area contributed by atoms with Crippen LogP contribution in [0.4, 0.5) is 0 Å². The molecule has 1 saturated heterocycles. The zero-order valence-corrected chi connectivity index (χ0v) is 22.6. The number of nitrogens with zero attached hydrogens (tertiary/aromatic N) is 1. The Kier molecular flexibility index (Phi) is 7.01. The molecular weight excluding hydrogens is 470 g/mol. The van der Waals surface area contributed by atoms with Gasteiger partial charge in [-0.15, -0.1) is 0 Å². The van der Waals surface area contributed by atoms with Crippen LogP contribution < -0.4 is 10.6 Å². The third-order valence-corrected chi connectivity index (χ3v) is 11.0. The lowest BCUT2D eigenvalue weighted by Crippen LogP contribution is -2.57. The highest BCUT2D eigenvalue weighted by atomic mass is 16.6. The molecule has 0 aromatic rings. The van der Waals surface area contributed by atoms with E-state index in [1.807, 2.05) is 0 Å². The number of fused-ring (bicyclic) bond motifs is 5. The second-order valence-corrected chi connectivity index (χ2v) is 12.7. The number of ketones is 1. The van der Waals surface area contributed by atoms with Crippen molar-refractivity contribution >= 4 is 23.3 Å². The quantitative estimate of drug-likeness (QED) is 0.487. The van der Waals surface area contributed by atoms with Crippen molar-refractivity contribution in [2.24, 2.45) is 33.7 Å². The summed E-state index contributed by atoms with van der Waals surface area (Å²) < 4.78 is 0. The molecule has 1 heterocycles. The molecular formula is C29H43N3O5. The molecule has 1 aliphatic heterocycles. The highest BCUT2D eigenvalue weighted by Crippen LogP contribution is 2.67. The molecule has 7 atom stereocenters. The van der Waals surface area contributed by atoms with Crippen molar-refractivity contribution in [2.75, 3.05) is 13.2 Å². The van der Waals surface area contributed by atoms with Crippen molar-refractivity contribution in [3.63, 3.8) is 0 Å². The standard InChI is InChI=1S/C29H43N3O5/c1-18(33)29(36)14-11-23-21-8-7-19-16-20(9-12-27(19,2)22(21)10-13-28(23,29)3)32-37-17-25(34)31-24-6-4-5-15-30-26(24)35/h16,21-24,36H,4-15,17H2,1-3H3,(H,30,35)(H,31,34)/t21-,22+,23-,24+,27+,28+,29+/m1/s1. The minimum absolute atomic E-state index is 0.0664. The molecule has 2 amide bonds. The Morgan fingerprint density at radius 3 is 2.68 bits per heavy atom. The Labute approximate surface area is 220 Å². The summed E-state index contributed by atoms with van der Waals surface area (Å²) in [7, 11) is 0. The van der Waals surface area contributed by atoms with Crippen LogP contribution in [-0.2, 0) is 19.2 Å². The van der Waals surface area contributed by atoms with Crippen LogP contribution in [0.3, 0.4) is 0 Å². The van der Waals surface area contributed by atoms with Gasteiger partial charge < -0.3 is 20.6 Å². The summed E-state index contributed by atoms with van der Waals surface area (Å²) in [4.78, 5) is 42.2. The number of aliphatic hydroxyl groups is 1. The van der Waals surface area contributed by atoms with E-state index in [9.17, 15) is 19.5 Å². The first-order chi connectivity index (χ1) is 17.6. The van der Waals surface area contributed by atoms with E-state index in [-0.39, 0.29) is 35.0 Å². The Balaban J connectivity index is 1.22. The summed E-state index contributed by atoms with van der Waals surface area (Å²) in [5.74, 6) is 0.963. The molecule has 204 valence electrons. The number of carbonyl (C=O) groups is 3. The molecule has 0 spiro atoms. The number of hydrogen-bond donors (Lipinski definition) is 3. The van der Waals surface area contributed by atoms with E-state index in [1.165, 1.54) is 5.57 Å². The van der Waals surface area contributed by atoms with Crippen LogP contribution >= 0.6 is 0 Å². The number of carbonyl (C=O) groups excluding carboxylic acids is 3. The van der Waals surface area contributed by atoms with Crippen LogP contribution in [0.15, 0.2) is 16.8 Å². The smallest absolute Gasteiger partial charge is 0.261 e. The molecule has 3 N–H and O–H groups in total. The Morgan fingerprint density at radius 1 is 1.11 bits per heavy atom. The van der Waals surface area contributed by atoms with Gasteiger partial charge >= 0.3 is 0 Å². The van der Waals surface area contributed by atoms with Crippen molar-refractivity contribution in [3.05, 3.63) is 11.6 Å². The van der Waals surface area contributed by atoms with Crippen LogP contribution in [0.2, 0.25) is 0 Å². The van der Waals surface area contributed by atoms with Gasteiger partial charge in [-0.3, -0.25) is 14.4 Å². The van der Waals surface area contributed by atoms with Gasteiger partial charge in [-0.05, 0) is 107 Å². The van der Waals surface area contributed by atoms with Crippen LogP contribution in [0.5, 0.6) is 0 Å². The Morgan fingerprint density at radius 2 is 1.89 bits per heavy atom. The van der Waals surface area contributed by atoms with E-state index < -0.39 is 11.6 Å². The summed E-state index contributed by atoms with van der Waals surface area (Å²) in [6, 6.07) is -0.498. The molecule has 8 nitrogen and oxygen atoms in total. The van der Waals surface area contributed by atoms with Gasteiger partial charge in [0.1, 0.15) is 11.6 Å². The first kappa shape index (κ1) is 26.4. The van der Waals surface area contributed by atoms with E-state index in [0.29, 0.717) is 37.1 Å². The lowest BCUT2D eigenvalue weighted by Gasteiger charge is -2.59. The maximum atomic E-state index is 12.4. The minimum atomic E-state index is -1.17. The molecule has 0 unspecified atom stereocenters. The molecule has 0 radical (unpaired) electrons. The first-order valence-corrected chi connectivity index (χ1v) is 14.3. The van der Waals surface area contributed by atoms with Gasteiger partial charge in [0.2, 0.25) is 5.91 Å². The summed E-state index contributed by atoms with van der Waals surface area (Å²) in [6.45, 7) is 6.58. The van der Waals surface area contributed by atoms with Crippen molar-refractivity contribution in [1.29, 1.82) is 0 Å². The van der Waals surface area contributed by atoms with Crippen LogP contribution in [0.25, 0.3) is 0 Å². The average molecular weight is 514 g/mol. The summed E-state index contributed by atoms with van der Waals surface area (Å²) in [6.07, 6.45) is 12.0. The monoisotopic (exact) mass is 513 g/mol. The number of oxime groups is 1. The number of rotatable bonds is 5. The summed E-state index contributed by atoms with van der Waals surface area (Å²) in [5.41, 5.74) is 0.911. The first-order valence-electron chi connectivity index (χ1n) is 14.3. The molecule has 3 saturated carbocycles. The van der Waals surface area contributed by atoms with E-state index in [1.54, 1.807) is 6.92 Å². The number of allylic oxidation sites excluding steroid dienone is 2. The third-order valence-electron chi connectivity index (χ3n) is 11.0. The predicted octanol–water partition coefficient (Wildman–Crippen LogP) is 3.43. The molecule has 37 heavy (non-hydrogen) atoms. The van der Waals surface area contributed by atoms with Gasteiger partial charge in [0, 0.05) is 12.0 Å². The van der Waals surface area contributed by atoms with E-state index >= 15 is 0 Å². The van der Waals surface area contributed by atoms with Crippen LogP contribution in [-0.4, -0.2) is 53.2 Å². The fourth-order valence-corrected chi connectivity index (χ4v) is 8.72. The number of nitrogens with one attached hydrogen (secondary N) is 2. The minimum Gasteiger partial charge on any atom is -0.385 e. The highest BCUT2D eigenvalue weighted by molar-refractivity contribution is 5.96. The van der Waals surface area contributed by atoms with Gasteiger partial charge in [0.25, 0.3) is 5.91 Å². The van der Waals surface area contributed by atoms with E-state index in [0.717, 1.165) is 63.5 Å². The van der Waals surface area contributed by atoms with Gasteiger partial charge in [-0.1, -0.05) is 24.6 Å². The highest BCUT2D eigenvalue weighted by Gasteiger charge is 2.65. The SMILES string of the molecule is CC(=O)[C@@]1(O)CC[C@@H]2[C@@H]3CCC4=CC(=NOCC(=O)N[C@H]5CCCCNC5=O)CC[C@]4(C)[C@H]3CC[C@@]21C. The average Bonchev–Trinajstić information content (AvgIpc) is 2.99. The lowest BCUT2D eigenvalue weighted by atomic mass is 9.46. The fourth-order valence-electron chi connectivity index (χ4n) is 8.72. The number of Topliss-reactive ketones (excluding diaryl/α,β-unsaturated/α-hetero) is 1. The molecule has 5 rings (SSSR count). The molecule has 0 aromatic heterocycles. The van der Waals surface area contributed by atoms with Crippen molar-refractivity contribution in [3.8, 4) is 0 Å². The third kappa shape index (κ3) is 4.43. The van der Waals surface area contributed by atoms with Crippen molar-refractivity contribution < 1.29 is 24.3 Å². The van der Waals surface area contributed by atoms with E-state index in [2.05, 4.69) is 35.7 Å². The summed E-state index contributed by atoms with van der Waals surface area (Å²) >= 11 is 0. The largest absolute Gasteiger partial charge is 0.385 e. The molecule has 4 fully saturated rings.